The molecule has 0 aliphatic heterocycles. The molecule has 4 heterocycles. The molecule has 0 unspecified atom stereocenters. The highest BCUT2D eigenvalue weighted by Crippen LogP contribution is 2.31. The molecule has 0 bridgehead atoms. The molecule has 5 aromatic rings. The summed E-state index contributed by atoms with van der Waals surface area (Å²) in [5.74, 6) is 1.56. The van der Waals surface area contributed by atoms with E-state index in [1.54, 1.807) is 36.3 Å². The van der Waals surface area contributed by atoms with Crippen LogP contribution in [0.5, 0.6) is 0 Å². The lowest BCUT2D eigenvalue weighted by Crippen LogP contribution is -2.06. The summed E-state index contributed by atoms with van der Waals surface area (Å²) in [6.07, 6.45) is 8.69. The van der Waals surface area contributed by atoms with Crippen molar-refractivity contribution in [2.75, 3.05) is 11.9 Å². The van der Waals surface area contributed by atoms with E-state index >= 15 is 0 Å². The maximum absolute atomic E-state index is 5.20. The molecule has 1 N–H and O–H groups in total. The number of nitrogens with zero attached hydrogens (tertiary/aromatic N) is 3. The van der Waals surface area contributed by atoms with Gasteiger partial charge in [0.25, 0.3) is 0 Å². The van der Waals surface area contributed by atoms with Gasteiger partial charge in [0, 0.05) is 17.0 Å². The number of aromatic nitrogens is 3. The van der Waals surface area contributed by atoms with Crippen molar-refractivity contribution < 1.29 is 8.94 Å². The fraction of sp³-hybridized carbons (Fsp3) is 0.174. The zero-order valence-electron chi connectivity index (χ0n) is 16.5. The van der Waals surface area contributed by atoms with Crippen molar-refractivity contribution in [3.8, 4) is 22.5 Å². The van der Waals surface area contributed by atoms with Gasteiger partial charge in [-0.15, -0.1) is 11.3 Å². The van der Waals surface area contributed by atoms with E-state index in [2.05, 4.69) is 47.7 Å². The van der Waals surface area contributed by atoms with E-state index in [1.807, 2.05) is 6.07 Å². The molecule has 5 rings (SSSR count). The molecular weight excluding hydrogens is 396 g/mol. The summed E-state index contributed by atoms with van der Waals surface area (Å²) in [6, 6.07) is 12.6. The first kappa shape index (κ1) is 18.6. The molecule has 0 saturated heterocycles. The predicted molar refractivity (Wildman–Crippen MR) is 119 cm³/mol. The first-order valence-corrected chi connectivity index (χ1v) is 10.6. The minimum atomic E-state index is 0.685. The number of thiophene rings is 1. The number of hydrogen-bond acceptors (Lipinski definition) is 7. The van der Waals surface area contributed by atoms with E-state index in [1.165, 1.54) is 10.4 Å². The zero-order valence-corrected chi connectivity index (χ0v) is 17.3. The summed E-state index contributed by atoms with van der Waals surface area (Å²) >= 11 is 1.68. The second kappa shape index (κ2) is 8.12. The molecule has 0 radical (unpaired) electrons. The van der Waals surface area contributed by atoms with Gasteiger partial charge in [0.2, 0.25) is 0 Å². The Hall–Kier alpha value is -3.45. The maximum atomic E-state index is 5.20. The summed E-state index contributed by atoms with van der Waals surface area (Å²) in [7, 11) is 0. The fourth-order valence-electron chi connectivity index (χ4n) is 3.41. The monoisotopic (exact) mass is 416 g/mol. The average molecular weight is 417 g/mol. The van der Waals surface area contributed by atoms with Crippen LogP contribution in [0, 0.1) is 6.92 Å². The largest absolute Gasteiger partial charge is 0.472 e. The number of anilines is 1. The average Bonchev–Trinajstić information content (AvgIpc) is 3.52. The fourth-order valence-corrected chi connectivity index (χ4v) is 4.29. The number of aryl methyl sites for hydroxylation is 2. The van der Waals surface area contributed by atoms with E-state index in [0.29, 0.717) is 5.82 Å². The quantitative estimate of drug-likeness (QED) is 0.330. The number of furan rings is 1. The van der Waals surface area contributed by atoms with Gasteiger partial charge in [0.05, 0.1) is 23.4 Å². The van der Waals surface area contributed by atoms with Gasteiger partial charge < -0.3 is 14.3 Å². The van der Waals surface area contributed by atoms with Crippen LogP contribution in [0.4, 0.5) is 5.82 Å². The number of hydrogen-bond donors (Lipinski definition) is 1. The van der Waals surface area contributed by atoms with Crippen molar-refractivity contribution in [2.45, 2.75) is 19.8 Å². The van der Waals surface area contributed by atoms with Gasteiger partial charge in [0.15, 0.2) is 5.82 Å². The van der Waals surface area contributed by atoms with Crippen molar-refractivity contribution in [1.29, 1.82) is 0 Å². The van der Waals surface area contributed by atoms with Crippen LogP contribution in [0.1, 0.15) is 16.9 Å². The molecule has 30 heavy (non-hydrogen) atoms. The summed E-state index contributed by atoms with van der Waals surface area (Å²) in [5, 5.41) is 8.34. The Labute approximate surface area is 177 Å². The van der Waals surface area contributed by atoms with E-state index in [9.17, 15) is 0 Å². The Morgan fingerprint density at radius 3 is 2.67 bits per heavy atom. The molecule has 0 saturated carbocycles. The normalized spacial score (nSPS) is 11.2. The third-order valence-electron chi connectivity index (χ3n) is 4.95. The van der Waals surface area contributed by atoms with Crippen LogP contribution < -0.4 is 5.32 Å². The lowest BCUT2D eigenvalue weighted by atomic mass is 10.0. The number of benzene rings is 1. The van der Waals surface area contributed by atoms with Gasteiger partial charge >= 0.3 is 0 Å². The van der Waals surface area contributed by atoms with Crippen LogP contribution in [-0.4, -0.2) is 21.7 Å². The molecule has 0 aliphatic carbocycles. The standard InChI is InChI=1S/C23H20N4O2S/c1-15-11-20-22(26-21(27-23(20)30-15)18-8-10-28-13-18)24-9-2-3-16-4-6-17(7-5-16)19-12-25-29-14-19/h4-8,10-14H,2-3,9H2,1H3,(H,24,26,27). The first-order chi connectivity index (χ1) is 14.8. The highest BCUT2D eigenvalue weighted by atomic mass is 32.1. The zero-order chi connectivity index (χ0) is 20.3. The van der Waals surface area contributed by atoms with Crippen molar-refractivity contribution in [3.05, 3.63) is 71.8 Å². The molecule has 4 aromatic heterocycles. The van der Waals surface area contributed by atoms with Gasteiger partial charge in [-0.2, -0.15) is 0 Å². The van der Waals surface area contributed by atoms with E-state index < -0.39 is 0 Å². The SMILES string of the molecule is Cc1cc2c(NCCCc3ccc(-c4cnoc4)cc3)nc(-c3ccoc3)nc2s1. The van der Waals surface area contributed by atoms with Gasteiger partial charge in [-0.25, -0.2) is 9.97 Å². The third-order valence-corrected chi connectivity index (χ3v) is 5.89. The molecule has 150 valence electrons. The smallest absolute Gasteiger partial charge is 0.166 e. The topological polar surface area (TPSA) is 77.0 Å². The van der Waals surface area contributed by atoms with E-state index in [4.69, 9.17) is 18.9 Å². The van der Waals surface area contributed by atoms with Gasteiger partial charge in [-0.3, -0.25) is 0 Å². The summed E-state index contributed by atoms with van der Waals surface area (Å²) in [5.41, 5.74) is 4.30. The highest BCUT2D eigenvalue weighted by Gasteiger charge is 2.12. The Balaban J connectivity index is 1.26. The van der Waals surface area contributed by atoms with E-state index in [-0.39, 0.29) is 0 Å². The molecule has 0 fully saturated rings. The van der Waals surface area contributed by atoms with Crippen molar-refractivity contribution >= 4 is 27.4 Å². The van der Waals surface area contributed by atoms with Crippen LogP contribution in [0.3, 0.4) is 0 Å². The summed E-state index contributed by atoms with van der Waals surface area (Å²) < 4.78 is 10.1. The molecule has 0 spiro atoms. The van der Waals surface area contributed by atoms with Crippen molar-refractivity contribution in [3.63, 3.8) is 0 Å². The second-order valence-electron chi connectivity index (χ2n) is 7.12. The molecule has 6 nitrogen and oxygen atoms in total. The maximum Gasteiger partial charge on any atom is 0.166 e. The molecule has 0 aliphatic rings. The highest BCUT2D eigenvalue weighted by molar-refractivity contribution is 7.18. The van der Waals surface area contributed by atoms with Gasteiger partial charge in [0.1, 0.15) is 23.2 Å². The molecule has 0 amide bonds. The molecule has 7 heteroatoms. The molecule has 0 atom stereocenters. The van der Waals surface area contributed by atoms with Crippen LogP contribution in [0.15, 0.2) is 70.3 Å². The van der Waals surface area contributed by atoms with Gasteiger partial charge in [-0.1, -0.05) is 29.4 Å². The summed E-state index contributed by atoms with van der Waals surface area (Å²) in [6.45, 7) is 2.93. The number of fused-ring (bicyclic) bond motifs is 1. The van der Waals surface area contributed by atoms with Crippen LogP contribution >= 0.6 is 11.3 Å². The van der Waals surface area contributed by atoms with Gasteiger partial charge in [-0.05, 0) is 43.0 Å². The summed E-state index contributed by atoms with van der Waals surface area (Å²) in [4.78, 5) is 11.7. The third kappa shape index (κ3) is 3.84. The Morgan fingerprint density at radius 1 is 1.00 bits per heavy atom. The van der Waals surface area contributed by atoms with Crippen LogP contribution in [-0.2, 0) is 6.42 Å². The van der Waals surface area contributed by atoms with Crippen LogP contribution in [0.2, 0.25) is 0 Å². The lowest BCUT2D eigenvalue weighted by molar-refractivity contribution is 0.420. The molecular formula is C23H20N4O2S. The van der Waals surface area contributed by atoms with E-state index in [0.717, 1.165) is 52.1 Å². The van der Waals surface area contributed by atoms with Crippen LogP contribution in [0.25, 0.3) is 32.7 Å². The molecule has 1 aromatic carbocycles. The minimum absolute atomic E-state index is 0.685. The first-order valence-electron chi connectivity index (χ1n) is 9.79. The predicted octanol–water partition coefficient (Wildman–Crippen LogP) is 5.96. The number of nitrogens with one attached hydrogen (secondary N) is 1. The second-order valence-corrected chi connectivity index (χ2v) is 8.36. The van der Waals surface area contributed by atoms with Crippen molar-refractivity contribution in [1.82, 2.24) is 15.1 Å². The van der Waals surface area contributed by atoms with Crippen molar-refractivity contribution in [2.24, 2.45) is 0 Å². The number of rotatable bonds is 7. The Bertz CT molecular complexity index is 1240. The Morgan fingerprint density at radius 2 is 1.90 bits per heavy atom. The Kier molecular flexibility index (Phi) is 5.03. The minimum Gasteiger partial charge on any atom is -0.472 e. The lowest BCUT2D eigenvalue weighted by Gasteiger charge is -2.09.